The highest BCUT2D eigenvalue weighted by molar-refractivity contribution is 7.89. The molecule has 0 aliphatic heterocycles. The maximum atomic E-state index is 11.5. The van der Waals surface area contributed by atoms with E-state index in [1.807, 2.05) is 20.8 Å². The van der Waals surface area contributed by atoms with Gasteiger partial charge in [0.2, 0.25) is 10.0 Å². The van der Waals surface area contributed by atoms with Gasteiger partial charge in [-0.2, -0.15) is 0 Å². The van der Waals surface area contributed by atoms with Crippen LogP contribution >= 0.6 is 11.6 Å². The molecule has 0 aromatic heterocycles. The fourth-order valence-corrected chi connectivity index (χ4v) is 2.99. The van der Waals surface area contributed by atoms with E-state index in [9.17, 15) is 8.42 Å². The number of nitrogens with one attached hydrogen (secondary N) is 1. The zero-order chi connectivity index (χ0) is 11.9. The highest BCUT2D eigenvalue weighted by atomic mass is 35.5. The first-order valence-electron chi connectivity index (χ1n) is 5.36. The van der Waals surface area contributed by atoms with E-state index in [2.05, 4.69) is 4.72 Å². The van der Waals surface area contributed by atoms with Crippen molar-refractivity contribution in [2.75, 3.05) is 18.2 Å². The smallest absolute Gasteiger partial charge is 0.211 e. The first kappa shape index (κ1) is 15.2. The van der Waals surface area contributed by atoms with Gasteiger partial charge in [-0.05, 0) is 18.3 Å². The SMILES string of the molecule is CCCCS(=O)(=O)NCC(C)(C)CCCl. The molecule has 0 aromatic rings. The molecule has 0 unspecified atom stereocenters. The van der Waals surface area contributed by atoms with Crippen molar-refractivity contribution < 1.29 is 8.42 Å². The van der Waals surface area contributed by atoms with E-state index in [1.165, 1.54) is 0 Å². The monoisotopic (exact) mass is 255 g/mol. The van der Waals surface area contributed by atoms with Crippen LogP contribution in [0, 0.1) is 5.41 Å². The van der Waals surface area contributed by atoms with Crippen molar-refractivity contribution in [3.05, 3.63) is 0 Å². The van der Waals surface area contributed by atoms with E-state index in [0.29, 0.717) is 18.8 Å². The van der Waals surface area contributed by atoms with Crippen LogP contribution in [0.4, 0.5) is 0 Å². The van der Waals surface area contributed by atoms with Gasteiger partial charge in [-0.3, -0.25) is 0 Å². The van der Waals surface area contributed by atoms with Gasteiger partial charge in [0.1, 0.15) is 0 Å². The molecule has 15 heavy (non-hydrogen) atoms. The minimum atomic E-state index is -3.09. The Labute approximate surface area is 98.6 Å². The molecule has 0 amide bonds. The van der Waals surface area contributed by atoms with E-state index >= 15 is 0 Å². The Morgan fingerprint density at radius 1 is 1.33 bits per heavy atom. The van der Waals surface area contributed by atoms with Gasteiger partial charge < -0.3 is 0 Å². The number of halogens is 1. The molecule has 0 bridgehead atoms. The second-order valence-electron chi connectivity index (χ2n) is 4.60. The van der Waals surface area contributed by atoms with Crippen molar-refractivity contribution in [1.82, 2.24) is 4.72 Å². The Balaban J connectivity index is 4.02. The Kier molecular flexibility index (Phi) is 6.80. The number of rotatable bonds is 8. The van der Waals surface area contributed by atoms with Crippen LogP contribution in [0.1, 0.15) is 40.0 Å². The molecule has 0 heterocycles. The standard InChI is InChI=1S/C10H22ClNO2S/c1-4-5-8-15(13,14)12-9-10(2,3)6-7-11/h12H,4-9H2,1-3H3. The predicted octanol–water partition coefficient (Wildman–Crippen LogP) is 2.36. The molecule has 3 nitrogen and oxygen atoms in total. The second kappa shape index (κ2) is 6.71. The molecule has 0 spiro atoms. The number of sulfonamides is 1. The maximum absolute atomic E-state index is 11.5. The molecule has 0 saturated heterocycles. The van der Waals surface area contributed by atoms with Crippen LogP contribution in [-0.2, 0) is 10.0 Å². The first-order chi connectivity index (χ1) is 6.83. The van der Waals surface area contributed by atoms with E-state index in [1.54, 1.807) is 0 Å². The first-order valence-corrected chi connectivity index (χ1v) is 7.55. The van der Waals surface area contributed by atoms with Gasteiger partial charge in [0.05, 0.1) is 5.75 Å². The van der Waals surface area contributed by atoms with Gasteiger partial charge in [-0.1, -0.05) is 27.2 Å². The number of unbranched alkanes of at least 4 members (excludes halogenated alkanes) is 1. The molecule has 0 saturated carbocycles. The average molecular weight is 256 g/mol. The molecule has 0 radical (unpaired) electrons. The lowest BCUT2D eigenvalue weighted by Crippen LogP contribution is -2.35. The summed E-state index contributed by atoms with van der Waals surface area (Å²) in [5.74, 6) is 0.782. The van der Waals surface area contributed by atoms with Crippen molar-refractivity contribution >= 4 is 21.6 Å². The van der Waals surface area contributed by atoms with Crippen molar-refractivity contribution in [3.8, 4) is 0 Å². The van der Waals surface area contributed by atoms with Gasteiger partial charge in [-0.25, -0.2) is 13.1 Å². The molecule has 92 valence electrons. The van der Waals surface area contributed by atoms with E-state index in [0.717, 1.165) is 12.8 Å². The summed E-state index contributed by atoms with van der Waals surface area (Å²) in [4.78, 5) is 0. The van der Waals surface area contributed by atoms with Crippen LogP contribution in [-0.4, -0.2) is 26.6 Å². The highest BCUT2D eigenvalue weighted by Crippen LogP contribution is 2.19. The minimum Gasteiger partial charge on any atom is -0.215 e. The Hall–Kier alpha value is 0.200. The van der Waals surface area contributed by atoms with Gasteiger partial charge in [0.25, 0.3) is 0 Å². The number of alkyl halides is 1. The van der Waals surface area contributed by atoms with E-state index in [4.69, 9.17) is 11.6 Å². The van der Waals surface area contributed by atoms with Crippen LogP contribution in [0.2, 0.25) is 0 Å². The topological polar surface area (TPSA) is 46.2 Å². The summed E-state index contributed by atoms with van der Waals surface area (Å²) in [6, 6.07) is 0. The third kappa shape index (κ3) is 8.05. The summed E-state index contributed by atoms with van der Waals surface area (Å²) in [7, 11) is -3.09. The summed E-state index contributed by atoms with van der Waals surface area (Å²) < 4.78 is 25.6. The van der Waals surface area contributed by atoms with Crippen molar-refractivity contribution in [2.45, 2.75) is 40.0 Å². The summed E-state index contributed by atoms with van der Waals surface area (Å²) in [6.07, 6.45) is 2.42. The molecule has 0 fully saturated rings. The molecule has 5 heteroatoms. The normalized spacial score (nSPS) is 13.1. The summed E-state index contributed by atoms with van der Waals surface area (Å²) in [6.45, 7) is 6.47. The quantitative estimate of drug-likeness (QED) is 0.677. The Morgan fingerprint density at radius 2 is 1.93 bits per heavy atom. The molecule has 0 rings (SSSR count). The fourth-order valence-electron chi connectivity index (χ4n) is 1.06. The Morgan fingerprint density at radius 3 is 2.40 bits per heavy atom. The summed E-state index contributed by atoms with van der Waals surface area (Å²) in [5, 5.41) is 0. The van der Waals surface area contributed by atoms with Gasteiger partial charge in [0.15, 0.2) is 0 Å². The largest absolute Gasteiger partial charge is 0.215 e. The molecule has 0 atom stereocenters. The summed E-state index contributed by atoms with van der Waals surface area (Å²) >= 11 is 5.64. The summed E-state index contributed by atoms with van der Waals surface area (Å²) in [5.41, 5.74) is -0.0684. The second-order valence-corrected chi connectivity index (χ2v) is 6.90. The third-order valence-corrected chi connectivity index (χ3v) is 3.91. The van der Waals surface area contributed by atoms with Crippen LogP contribution < -0.4 is 4.72 Å². The molecule has 0 aromatic carbocycles. The highest BCUT2D eigenvalue weighted by Gasteiger charge is 2.20. The molecular weight excluding hydrogens is 234 g/mol. The van der Waals surface area contributed by atoms with Crippen LogP contribution in [0.3, 0.4) is 0 Å². The zero-order valence-electron chi connectivity index (χ0n) is 9.85. The molecular formula is C10H22ClNO2S. The molecule has 1 N–H and O–H groups in total. The average Bonchev–Trinajstić information content (AvgIpc) is 2.12. The molecule has 0 aliphatic rings. The van der Waals surface area contributed by atoms with Crippen LogP contribution in [0.15, 0.2) is 0 Å². The van der Waals surface area contributed by atoms with E-state index < -0.39 is 10.0 Å². The van der Waals surface area contributed by atoms with Gasteiger partial charge >= 0.3 is 0 Å². The van der Waals surface area contributed by atoms with Gasteiger partial charge in [-0.15, -0.1) is 11.6 Å². The predicted molar refractivity (Wildman–Crippen MR) is 65.8 cm³/mol. The van der Waals surface area contributed by atoms with Gasteiger partial charge in [0, 0.05) is 12.4 Å². The third-order valence-electron chi connectivity index (χ3n) is 2.31. The van der Waals surface area contributed by atoms with Crippen LogP contribution in [0.5, 0.6) is 0 Å². The number of hydrogen-bond donors (Lipinski definition) is 1. The van der Waals surface area contributed by atoms with Crippen molar-refractivity contribution in [1.29, 1.82) is 0 Å². The lowest BCUT2D eigenvalue weighted by Gasteiger charge is -2.23. The number of hydrogen-bond acceptors (Lipinski definition) is 2. The van der Waals surface area contributed by atoms with E-state index in [-0.39, 0.29) is 11.2 Å². The maximum Gasteiger partial charge on any atom is 0.211 e. The Bertz CT molecular complexity index is 263. The lowest BCUT2D eigenvalue weighted by molar-refractivity contribution is 0.352. The van der Waals surface area contributed by atoms with Crippen LogP contribution in [0.25, 0.3) is 0 Å². The molecule has 0 aliphatic carbocycles. The lowest BCUT2D eigenvalue weighted by atomic mass is 9.91. The minimum absolute atomic E-state index is 0.0684. The fraction of sp³-hybridized carbons (Fsp3) is 1.00. The zero-order valence-corrected chi connectivity index (χ0v) is 11.4. The van der Waals surface area contributed by atoms with Crippen molar-refractivity contribution in [3.63, 3.8) is 0 Å². The van der Waals surface area contributed by atoms with Crippen molar-refractivity contribution in [2.24, 2.45) is 5.41 Å².